The van der Waals surface area contributed by atoms with Gasteiger partial charge in [-0.2, -0.15) is 5.26 Å². The van der Waals surface area contributed by atoms with Crippen LogP contribution in [-0.2, 0) is 5.41 Å². The Morgan fingerprint density at radius 3 is 2.81 bits per heavy atom. The molecular weight excluding hydrogens is 198 g/mol. The van der Waals surface area contributed by atoms with E-state index in [4.69, 9.17) is 10.7 Å². The first-order valence-corrected chi connectivity index (χ1v) is 5.51. The summed E-state index contributed by atoms with van der Waals surface area (Å²) < 4.78 is 0. The van der Waals surface area contributed by atoms with Crippen LogP contribution < -0.4 is 0 Å². The Morgan fingerprint density at radius 1 is 1.56 bits per heavy atom. The molecule has 3 heteroatoms. The maximum absolute atomic E-state index is 8.83. The monoisotopic (exact) mass is 213 g/mol. The average Bonchev–Trinajstić information content (AvgIpc) is 2.46. The highest BCUT2D eigenvalue weighted by atomic mass is 14.7. The number of fused-ring (bicyclic) bond motifs is 1. The molecule has 0 amide bonds. The molecule has 16 heavy (non-hydrogen) atoms. The standard InChI is InChI=1S/C13H15N3/c1-4-10-12(15)9-5-8(6-14)16-7-11(9)13(10,2)3/h5,7,10,15H,4H2,1-3H3. The van der Waals surface area contributed by atoms with Crippen LogP contribution in [0.15, 0.2) is 12.3 Å². The van der Waals surface area contributed by atoms with Gasteiger partial charge in [0.15, 0.2) is 0 Å². The smallest absolute Gasteiger partial charge is 0.141 e. The topological polar surface area (TPSA) is 60.5 Å². The first-order chi connectivity index (χ1) is 7.52. The fourth-order valence-electron chi connectivity index (χ4n) is 2.70. The molecule has 1 N–H and O–H groups in total. The second-order valence-corrected chi connectivity index (χ2v) is 4.82. The van der Waals surface area contributed by atoms with Gasteiger partial charge in [-0.25, -0.2) is 4.98 Å². The lowest BCUT2D eigenvalue weighted by Crippen LogP contribution is -2.26. The summed E-state index contributed by atoms with van der Waals surface area (Å²) in [5.41, 5.74) is 3.02. The maximum Gasteiger partial charge on any atom is 0.141 e. The van der Waals surface area contributed by atoms with Crippen molar-refractivity contribution in [2.24, 2.45) is 5.92 Å². The molecule has 0 bridgehead atoms. The fraction of sp³-hybridized carbons (Fsp3) is 0.462. The summed E-state index contributed by atoms with van der Waals surface area (Å²) in [7, 11) is 0. The summed E-state index contributed by atoms with van der Waals surface area (Å²) in [5, 5.41) is 17.0. The summed E-state index contributed by atoms with van der Waals surface area (Å²) in [6.45, 7) is 6.40. The Morgan fingerprint density at radius 2 is 2.25 bits per heavy atom. The van der Waals surface area contributed by atoms with E-state index >= 15 is 0 Å². The number of pyridine rings is 1. The van der Waals surface area contributed by atoms with Crippen molar-refractivity contribution in [3.05, 3.63) is 29.1 Å². The number of nitrogens with zero attached hydrogens (tertiary/aromatic N) is 2. The summed E-state index contributed by atoms with van der Waals surface area (Å²) >= 11 is 0. The number of nitrogens with one attached hydrogen (secondary N) is 1. The third kappa shape index (κ3) is 1.26. The Bertz CT molecular complexity index is 494. The van der Waals surface area contributed by atoms with Crippen molar-refractivity contribution in [3.63, 3.8) is 0 Å². The number of hydrogen-bond acceptors (Lipinski definition) is 3. The lowest BCUT2D eigenvalue weighted by atomic mass is 9.77. The molecule has 0 spiro atoms. The quantitative estimate of drug-likeness (QED) is 0.779. The molecular formula is C13H15N3. The van der Waals surface area contributed by atoms with Crippen LogP contribution in [0.5, 0.6) is 0 Å². The first-order valence-electron chi connectivity index (χ1n) is 5.51. The first kappa shape index (κ1) is 10.8. The number of aromatic nitrogens is 1. The molecule has 0 saturated heterocycles. The van der Waals surface area contributed by atoms with E-state index in [9.17, 15) is 0 Å². The van der Waals surface area contributed by atoms with Crippen LogP contribution in [0.3, 0.4) is 0 Å². The Labute approximate surface area is 95.6 Å². The van der Waals surface area contributed by atoms with Crippen molar-refractivity contribution in [1.29, 1.82) is 10.7 Å². The van der Waals surface area contributed by atoms with E-state index in [0.717, 1.165) is 17.5 Å². The third-order valence-corrected chi connectivity index (χ3v) is 3.63. The SMILES string of the molecule is CCC1C(=N)c2cc(C#N)ncc2C1(C)C. The Hall–Kier alpha value is -1.69. The average molecular weight is 213 g/mol. The number of nitriles is 1. The predicted octanol–water partition coefficient (Wildman–Crippen LogP) is 2.64. The molecule has 1 aliphatic rings. The van der Waals surface area contributed by atoms with Crippen molar-refractivity contribution in [2.75, 3.05) is 0 Å². The van der Waals surface area contributed by atoms with Crippen molar-refractivity contribution < 1.29 is 0 Å². The van der Waals surface area contributed by atoms with Gasteiger partial charge in [0.25, 0.3) is 0 Å². The van der Waals surface area contributed by atoms with E-state index in [2.05, 4.69) is 25.8 Å². The lowest BCUT2D eigenvalue weighted by Gasteiger charge is -2.26. The van der Waals surface area contributed by atoms with Crippen LogP contribution in [0.25, 0.3) is 0 Å². The molecule has 1 aromatic heterocycles. The van der Waals surface area contributed by atoms with Crippen molar-refractivity contribution in [2.45, 2.75) is 32.6 Å². The van der Waals surface area contributed by atoms with Gasteiger partial charge in [0, 0.05) is 28.8 Å². The molecule has 3 nitrogen and oxygen atoms in total. The molecule has 1 unspecified atom stereocenters. The number of hydrogen-bond donors (Lipinski definition) is 1. The molecule has 0 saturated carbocycles. The van der Waals surface area contributed by atoms with Gasteiger partial charge in [-0.3, -0.25) is 0 Å². The van der Waals surface area contributed by atoms with Crippen LogP contribution in [-0.4, -0.2) is 10.7 Å². The summed E-state index contributed by atoms with van der Waals surface area (Å²) in [4.78, 5) is 4.11. The van der Waals surface area contributed by atoms with Crippen molar-refractivity contribution in [3.8, 4) is 6.07 Å². The van der Waals surface area contributed by atoms with Gasteiger partial charge in [-0.05, 0) is 18.1 Å². The molecule has 1 aromatic rings. The van der Waals surface area contributed by atoms with Crippen LogP contribution >= 0.6 is 0 Å². The van der Waals surface area contributed by atoms with Gasteiger partial charge >= 0.3 is 0 Å². The minimum atomic E-state index is -0.0395. The highest BCUT2D eigenvalue weighted by Crippen LogP contribution is 2.43. The highest BCUT2D eigenvalue weighted by molar-refractivity contribution is 6.05. The second-order valence-electron chi connectivity index (χ2n) is 4.82. The zero-order valence-electron chi connectivity index (χ0n) is 9.83. The zero-order valence-corrected chi connectivity index (χ0v) is 9.83. The van der Waals surface area contributed by atoms with Crippen molar-refractivity contribution in [1.82, 2.24) is 4.98 Å². The van der Waals surface area contributed by atoms with Gasteiger partial charge in [0.2, 0.25) is 0 Å². The van der Waals surface area contributed by atoms with Gasteiger partial charge in [-0.15, -0.1) is 0 Å². The fourth-order valence-corrected chi connectivity index (χ4v) is 2.70. The second kappa shape index (κ2) is 3.41. The van der Waals surface area contributed by atoms with Gasteiger partial charge in [0.05, 0.1) is 0 Å². The third-order valence-electron chi connectivity index (χ3n) is 3.63. The van der Waals surface area contributed by atoms with Gasteiger partial charge in [0.1, 0.15) is 11.8 Å². The van der Waals surface area contributed by atoms with Crippen LogP contribution in [0.4, 0.5) is 0 Å². The molecule has 0 radical (unpaired) electrons. The highest BCUT2D eigenvalue weighted by Gasteiger charge is 2.42. The Kier molecular flexibility index (Phi) is 2.31. The maximum atomic E-state index is 8.83. The van der Waals surface area contributed by atoms with Crippen LogP contribution in [0, 0.1) is 22.7 Å². The molecule has 1 aliphatic carbocycles. The predicted molar refractivity (Wildman–Crippen MR) is 62.6 cm³/mol. The minimum absolute atomic E-state index is 0.0395. The minimum Gasteiger partial charge on any atom is -0.304 e. The van der Waals surface area contributed by atoms with E-state index < -0.39 is 0 Å². The molecule has 82 valence electrons. The van der Waals surface area contributed by atoms with E-state index in [1.807, 2.05) is 6.07 Å². The molecule has 2 rings (SSSR count). The number of rotatable bonds is 1. The van der Waals surface area contributed by atoms with E-state index in [-0.39, 0.29) is 11.3 Å². The molecule has 0 fully saturated rings. The molecule has 1 heterocycles. The van der Waals surface area contributed by atoms with Gasteiger partial charge < -0.3 is 5.41 Å². The Balaban J connectivity index is 2.63. The summed E-state index contributed by atoms with van der Waals surface area (Å²) in [6.07, 6.45) is 2.71. The van der Waals surface area contributed by atoms with Crippen LogP contribution in [0.1, 0.15) is 44.0 Å². The zero-order chi connectivity index (χ0) is 11.9. The van der Waals surface area contributed by atoms with Crippen LogP contribution in [0.2, 0.25) is 0 Å². The lowest BCUT2D eigenvalue weighted by molar-refractivity contribution is 0.410. The molecule has 0 aliphatic heterocycles. The van der Waals surface area contributed by atoms with Gasteiger partial charge in [-0.1, -0.05) is 20.8 Å². The van der Waals surface area contributed by atoms with E-state index in [1.165, 1.54) is 0 Å². The molecule has 1 atom stereocenters. The normalized spacial score (nSPS) is 21.6. The van der Waals surface area contributed by atoms with Crippen molar-refractivity contribution >= 4 is 5.71 Å². The largest absolute Gasteiger partial charge is 0.304 e. The van der Waals surface area contributed by atoms with E-state index in [0.29, 0.717) is 11.4 Å². The van der Waals surface area contributed by atoms with E-state index in [1.54, 1.807) is 12.3 Å². The summed E-state index contributed by atoms with van der Waals surface area (Å²) in [6, 6.07) is 3.77. The molecule has 0 aromatic carbocycles. The summed E-state index contributed by atoms with van der Waals surface area (Å²) in [5.74, 6) is 0.234.